The third-order valence-electron chi connectivity index (χ3n) is 3.54. The third kappa shape index (κ3) is 5.95. The van der Waals surface area contributed by atoms with E-state index in [1.54, 1.807) is 0 Å². The summed E-state index contributed by atoms with van der Waals surface area (Å²) in [4.78, 5) is 25.3. The van der Waals surface area contributed by atoms with Gasteiger partial charge in [-0.15, -0.1) is 0 Å². The first-order valence-corrected chi connectivity index (χ1v) is 7.25. The van der Waals surface area contributed by atoms with Gasteiger partial charge < -0.3 is 11.1 Å². The first kappa shape index (κ1) is 17.2. The van der Waals surface area contributed by atoms with Crippen LogP contribution >= 0.6 is 0 Å². The maximum atomic E-state index is 12.0. The van der Waals surface area contributed by atoms with E-state index in [-0.39, 0.29) is 18.4 Å². The van der Waals surface area contributed by atoms with Crippen LogP contribution in [0.5, 0.6) is 0 Å². The zero-order chi connectivity index (χ0) is 15.8. The highest BCUT2D eigenvalue weighted by molar-refractivity contribution is 5.87. The number of hydrogen-bond acceptors (Lipinski definition) is 3. The topological polar surface area (TPSA) is 75.4 Å². The van der Waals surface area contributed by atoms with Gasteiger partial charge >= 0.3 is 0 Å². The number of rotatable bonds is 8. The summed E-state index contributed by atoms with van der Waals surface area (Å²) in [5.74, 6) is -0.633. The number of nitrogens with two attached hydrogens (primary N) is 1. The Morgan fingerprint density at radius 2 is 1.90 bits per heavy atom. The molecule has 2 amide bonds. The zero-order valence-corrected chi connectivity index (χ0v) is 13.0. The lowest BCUT2D eigenvalue weighted by molar-refractivity contribution is -0.129. The van der Waals surface area contributed by atoms with Crippen molar-refractivity contribution >= 4 is 11.8 Å². The number of carbonyl (C=O) groups excluding carboxylic acids is 2. The van der Waals surface area contributed by atoms with Gasteiger partial charge in [-0.2, -0.15) is 0 Å². The molecule has 1 aromatic rings. The van der Waals surface area contributed by atoms with E-state index in [9.17, 15) is 9.59 Å². The number of carbonyl (C=O) groups is 2. The smallest absolute Gasteiger partial charge is 0.240 e. The van der Waals surface area contributed by atoms with E-state index in [1.165, 1.54) is 0 Å². The SMILES string of the molecule is CCC(C)C(NC(=O)CN(C)Cc1ccccc1)C(N)=O. The minimum atomic E-state index is -0.604. The van der Waals surface area contributed by atoms with Crippen LogP contribution < -0.4 is 11.1 Å². The molecule has 0 aliphatic carbocycles. The Hall–Kier alpha value is -1.88. The van der Waals surface area contributed by atoms with Crippen LogP contribution in [0.4, 0.5) is 0 Å². The number of primary amides is 1. The molecule has 5 heteroatoms. The van der Waals surface area contributed by atoms with E-state index in [2.05, 4.69) is 5.32 Å². The van der Waals surface area contributed by atoms with Gasteiger partial charge in [0, 0.05) is 6.54 Å². The molecule has 0 aliphatic heterocycles. The molecule has 2 atom stereocenters. The van der Waals surface area contributed by atoms with Crippen molar-refractivity contribution in [3.8, 4) is 0 Å². The molecule has 0 aromatic heterocycles. The Morgan fingerprint density at radius 3 is 2.43 bits per heavy atom. The molecule has 1 aromatic carbocycles. The summed E-state index contributed by atoms with van der Waals surface area (Å²) >= 11 is 0. The number of hydrogen-bond donors (Lipinski definition) is 2. The number of amides is 2. The van der Waals surface area contributed by atoms with E-state index < -0.39 is 11.9 Å². The summed E-state index contributed by atoms with van der Waals surface area (Å²) in [7, 11) is 1.87. The molecule has 0 heterocycles. The lowest BCUT2D eigenvalue weighted by atomic mass is 9.98. The normalized spacial score (nSPS) is 13.7. The standard InChI is InChI=1S/C16H25N3O2/c1-4-12(2)15(16(17)21)18-14(20)11-19(3)10-13-8-6-5-7-9-13/h5-9,12,15H,4,10-11H2,1-3H3,(H2,17,21)(H,18,20). The van der Waals surface area contributed by atoms with Crippen molar-refractivity contribution in [1.82, 2.24) is 10.2 Å². The van der Waals surface area contributed by atoms with Crippen LogP contribution in [0.1, 0.15) is 25.8 Å². The quantitative estimate of drug-likeness (QED) is 0.754. The van der Waals surface area contributed by atoms with Gasteiger partial charge in [0.25, 0.3) is 0 Å². The second-order valence-corrected chi connectivity index (χ2v) is 5.49. The van der Waals surface area contributed by atoms with Gasteiger partial charge in [0.1, 0.15) is 6.04 Å². The summed E-state index contributed by atoms with van der Waals surface area (Å²) in [5.41, 5.74) is 6.49. The van der Waals surface area contributed by atoms with Gasteiger partial charge in [-0.05, 0) is 18.5 Å². The van der Waals surface area contributed by atoms with Crippen LogP contribution in [0, 0.1) is 5.92 Å². The average Bonchev–Trinajstić information content (AvgIpc) is 2.44. The molecule has 21 heavy (non-hydrogen) atoms. The van der Waals surface area contributed by atoms with Gasteiger partial charge in [0.05, 0.1) is 6.54 Å². The largest absolute Gasteiger partial charge is 0.368 e. The van der Waals surface area contributed by atoms with Gasteiger partial charge in [-0.25, -0.2) is 0 Å². The lowest BCUT2D eigenvalue weighted by Crippen LogP contribution is -2.50. The predicted molar refractivity (Wildman–Crippen MR) is 83.4 cm³/mol. The molecule has 2 unspecified atom stereocenters. The fourth-order valence-electron chi connectivity index (χ4n) is 2.14. The van der Waals surface area contributed by atoms with E-state index in [0.29, 0.717) is 6.54 Å². The van der Waals surface area contributed by atoms with Crippen molar-refractivity contribution in [3.63, 3.8) is 0 Å². The lowest BCUT2D eigenvalue weighted by Gasteiger charge is -2.23. The molecular formula is C16H25N3O2. The molecule has 116 valence electrons. The molecule has 0 saturated heterocycles. The average molecular weight is 291 g/mol. The summed E-state index contributed by atoms with van der Waals surface area (Å²) < 4.78 is 0. The van der Waals surface area contributed by atoms with Gasteiger partial charge in [-0.3, -0.25) is 14.5 Å². The molecule has 0 saturated carbocycles. The highest BCUT2D eigenvalue weighted by Crippen LogP contribution is 2.07. The minimum absolute atomic E-state index is 0.0332. The Balaban J connectivity index is 2.50. The monoisotopic (exact) mass is 291 g/mol. The van der Waals surface area contributed by atoms with E-state index in [1.807, 2.05) is 56.1 Å². The highest BCUT2D eigenvalue weighted by atomic mass is 16.2. The third-order valence-corrected chi connectivity index (χ3v) is 3.54. The van der Waals surface area contributed by atoms with Crippen LogP contribution in [-0.2, 0) is 16.1 Å². The zero-order valence-electron chi connectivity index (χ0n) is 13.0. The molecule has 1 rings (SSSR count). The fourth-order valence-corrected chi connectivity index (χ4v) is 2.14. The van der Waals surface area contributed by atoms with Gasteiger partial charge in [0.15, 0.2) is 0 Å². The second-order valence-electron chi connectivity index (χ2n) is 5.49. The Labute approximate surface area is 126 Å². The van der Waals surface area contributed by atoms with Crippen molar-refractivity contribution < 1.29 is 9.59 Å². The van der Waals surface area contributed by atoms with Crippen molar-refractivity contribution in [3.05, 3.63) is 35.9 Å². The second kappa shape index (κ2) is 8.42. The molecule has 0 fully saturated rings. The minimum Gasteiger partial charge on any atom is -0.368 e. The first-order chi connectivity index (χ1) is 9.93. The number of nitrogens with zero attached hydrogens (tertiary/aromatic N) is 1. The molecule has 0 aliphatic rings. The predicted octanol–water partition coefficient (Wildman–Crippen LogP) is 1.13. The summed E-state index contributed by atoms with van der Waals surface area (Å²) in [6.45, 7) is 4.78. The van der Waals surface area contributed by atoms with Crippen molar-refractivity contribution in [2.75, 3.05) is 13.6 Å². The first-order valence-electron chi connectivity index (χ1n) is 7.25. The van der Waals surface area contributed by atoms with Crippen molar-refractivity contribution in [1.29, 1.82) is 0 Å². The van der Waals surface area contributed by atoms with Crippen LogP contribution in [0.3, 0.4) is 0 Å². The fraction of sp³-hybridized carbons (Fsp3) is 0.500. The molecule has 0 radical (unpaired) electrons. The summed E-state index contributed by atoms with van der Waals surface area (Å²) in [6.07, 6.45) is 0.785. The Bertz CT molecular complexity index is 462. The molecule has 0 spiro atoms. The molecule has 5 nitrogen and oxygen atoms in total. The van der Waals surface area contributed by atoms with Crippen LogP contribution in [0.2, 0.25) is 0 Å². The van der Waals surface area contributed by atoms with Crippen molar-refractivity contribution in [2.45, 2.75) is 32.9 Å². The van der Waals surface area contributed by atoms with Crippen LogP contribution in [-0.4, -0.2) is 36.3 Å². The number of benzene rings is 1. The van der Waals surface area contributed by atoms with Crippen LogP contribution in [0.25, 0.3) is 0 Å². The van der Waals surface area contributed by atoms with E-state index in [0.717, 1.165) is 12.0 Å². The molecule has 0 bridgehead atoms. The Kier molecular flexibility index (Phi) is 6.88. The maximum Gasteiger partial charge on any atom is 0.240 e. The summed E-state index contributed by atoms with van der Waals surface area (Å²) in [5, 5.41) is 2.73. The number of likely N-dealkylation sites (N-methyl/N-ethyl adjacent to an activating group) is 1. The van der Waals surface area contributed by atoms with Gasteiger partial charge in [-0.1, -0.05) is 50.6 Å². The molecule has 3 N–H and O–H groups in total. The maximum absolute atomic E-state index is 12.0. The van der Waals surface area contributed by atoms with E-state index in [4.69, 9.17) is 5.73 Å². The Morgan fingerprint density at radius 1 is 1.29 bits per heavy atom. The van der Waals surface area contributed by atoms with Crippen molar-refractivity contribution in [2.24, 2.45) is 11.7 Å². The molecular weight excluding hydrogens is 266 g/mol. The van der Waals surface area contributed by atoms with E-state index >= 15 is 0 Å². The number of nitrogens with one attached hydrogen (secondary N) is 1. The van der Waals surface area contributed by atoms with Crippen LogP contribution in [0.15, 0.2) is 30.3 Å². The highest BCUT2D eigenvalue weighted by Gasteiger charge is 2.23. The van der Waals surface area contributed by atoms with Gasteiger partial charge in [0.2, 0.25) is 11.8 Å². The summed E-state index contributed by atoms with van der Waals surface area (Å²) in [6, 6.07) is 9.32.